The summed E-state index contributed by atoms with van der Waals surface area (Å²) >= 11 is 0. The molecule has 4 aromatic rings. The zero-order valence-corrected chi connectivity index (χ0v) is 19.5. The van der Waals surface area contributed by atoms with E-state index >= 15 is 0 Å². The second-order valence-electron chi connectivity index (χ2n) is 8.22. The maximum atomic E-state index is 13.1. The fourth-order valence-electron chi connectivity index (χ4n) is 4.18. The van der Waals surface area contributed by atoms with Gasteiger partial charge in [0, 0.05) is 23.2 Å². The van der Waals surface area contributed by atoms with Gasteiger partial charge in [-0.15, -0.1) is 0 Å². The number of benzene rings is 3. The summed E-state index contributed by atoms with van der Waals surface area (Å²) < 4.78 is 5.42. The number of hydrogen-bond acceptors (Lipinski definition) is 4. The Morgan fingerprint density at radius 1 is 0.912 bits per heavy atom. The number of aromatic amines is 1. The van der Waals surface area contributed by atoms with Gasteiger partial charge in [-0.3, -0.25) is 9.59 Å². The highest BCUT2D eigenvalue weighted by molar-refractivity contribution is 5.82. The van der Waals surface area contributed by atoms with E-state index in [0.29, 0.717) is 36.5 Å². The average molecular weight is 453 g/mol. The number of nitrogens with one attached hydrogen (secondary N) is 1. The van der Waals surface area contributed by atoms with E-state index in [2.05, 4.69) is 4.98 Å². The average Bonchev–Trinajstić information content (AvgIpc) is 2.86. The highest BCUT2D eigenvalue weighted by Crippen LogP contribution is 2.31. The number of rotatable bonds is 8. The molecule has 172 valence electrons. The zero-order valence-electron chi connectivity index (χ0n) is 19.5. The number of aromatic nitrogens is 2. The van der Waals surface area contributed by atoms with Gasteiger partial charge in [-0.05, 0) is 37.0 Å². The van der Waals surface area contributed by atoms with Crippen LogP contribution in [0.5, 0.6) is 0 Å². The Morgan fingerprint density at radius 3 is 2.18 bits per heavy atom. The molecule has 0 spiro atoms. The highest BCUT2D eigenvalue weighted by Gasteiger charge is 2.26. The Balaban J connectivity index is 1.74. The van der Waals surface area contributed by atoms with Gasteiger partial charge in [0.2, 0.25) is 0 Å². The smallest absolute Gasteiger partial charge is 0.313 e. The summed E-state index contributed by atoms with van der Waals surface area (Å²) in [7, 11) is 0. The number of aryl methyl sites for hydroxylation is 1. The van der Waals surface area contributed by atoms with Crippen LogP contribution < -0.4 is 5.56 Å². The fourth-order valence-corrected chi connectivity index (χ4v) is 4.18. The molecule has 1 atom stereocenters. The molecule has 0 aliphatic rings. The van der Waals surface area contributed by atoms with Crippen LogP contribution in [0.2, 0.25) is 0 Å². The van der Waals surface area contributed by atoms with Crippen molar-refractivity contribution >= 4 is 5.97 Å². The van der Waals surface area contributed by atoms with Crippen LogP contribution in [-0.2, 0) is 22.4 Å². The van der Waals surface area contributed by atoms with Gasteiger partial charge in [-0.1, -0.05) is 84.9 Å². The molecular formula is C29H28N2O3. The first kappa shape index (κ1) is 23.2. The third kappa shape index (κ3) is 5.31. The van der Waals surface area contributed by atoms with Crippen LogP contribution in [0.1, 0.15) is 40.8 Å². The standard InChI is InChI=1S/C29H28N2O3/c1-3-34-29(33)26(19-22-14-8-5-9-15-22)23-16-10-11-17-24(23)27-30-20(2)25(28(32)31-27)18-21-12-6-4-7-13-21/h4-17,26H,3,18-19H2,1-2H3,(H,30,31,32)/t26-/m1/s1. The predicted molar refractivity (Wildman–Crippen MR) is 134 cm³/mol. The second kappa shape index (κ2) is 10.8. The molecule has 0 amide bonds. The summed E-state index contributed by atoms with van der Waals surface area (Å²) in [6.07, 6.45) is 1.00. The molecule has 0 aliphatic carbocycles. The minimum atomic E-state index is -0.520. The molecule has 0 saturated carbocycles. The van der Waals surface area contributed by atoms with Crippen LogP contribution >= 0.6 is 0 Å². The molecule has 3 aromatic carbocycles. The Bertz CT molecular complexity index is 1310. The molecule has 0 radical (unpaired) electrons. The van der Waals surface area contributed by atoms with Crippen molar-refractivity contribution in [1.82, 2.24) is 9.97 Å². The van der Waals surface area contributed by atoms with E-state index in [-0.39, 0.29) is 11.5 Å². The fraction of sp³-hybridized carbons (Fsp3) is 0.207. The van der Waals surface area contributed by atoms with Gasteiger partial charge in [0.05, 0.1) is 12.5 Å². The van der Waals surface area contributed by atoms with E-state index in [0.717, 1.165) is 22.3 Å². The lowest BCUT2D eigenvalue weighted by Gasteiger charge is -2.19. The Morgan fingerprint density at radius 2 is 1.53 bits per heavy atom. The van der Waals surface area contributed by atoms with Crippen molar-refractivity contribution in [2.75, 3.05) is 6.61 Å². The molecule has 34 heavy (non-hydrogen) atoms. The van der Waals surface area contributed by atoms with Crippen molar-refractivity contribution < 1.29 is 9.53 Å². The van der Waals surface area contributed by atoms with Crippen LogP contribution in [0, 0.1) is 6.92 Å². The van der Waals surface area contributed by atoms with Crippen molar-refractivity contribution in [3.05, 3.63) is 123 Å². The van der Waals surface area contributed by atoms with Crippen molar-refractivity contribution in [2.24, 2.45) is 0 Å². The SMILES string of the molecule is CCOC(=O)[C@H](Cc1ccccc1)c1ccccc1-c1nc(C)c(Cc2ccccc2)c(=O)[nH]1. The summed E-state index contributed by atoms with van der Waals surface area (Å²) in [5.74, 6) is -0.357. The van der Waals surface area contributed by atoms with Gasteiger partial charge >= 0.3 is 5.97 Å². The van der Waals surface area contributed by atoms with E-state index in [1.165, 1.54) is 0 Å². The quantitative estimate of drug-likeness (QED) is 0.372. The molecule has 4 rings (SSSR count). The number of ether oxygens (including phenoxy) is 1. The Labute approximate surface area is 199 Å². The molecule has 5 heteroatoms. The molecule has 0 unspecified atom stereocenters. The lowest BCUT2D eigenvalue weighted by molar-refractivity contribution is -0.144. The van der Waals surface area contributed by atoms with Crippen molar-refractivity contribution in [2.45, 2.75) is 32.6 Å². The molecule has 1 N–H and O–H groups in total. The van der Waals surface area contributed by atoms with Crippen LogP contribution in [-0.4, -0.2) is 22.5 Å². The minimum absolute atomic E-state index is 0.170. The highest BCUT2D eigenvalue weighted by atomic mass is 16.5. The molecular weight excluding hydrogens is 424 g/mol. The molecule has 1 heterocycles. The lowest BCUT2D eigenvalue weighted by Crippen LogP contribution is -2.21. The van der Waals surface area contributed by atoms with Crippen molar-refractivity contribution in [3.63, 3.8) is 0 Å². The molecule has 0 bridgehead atoms. The van der Waals surface area contributed by atoms with E-state index in [1.54, 1.807) is 6.92 Å². The second-order valence-corrected chi connectivity index (χ2v) is 8.22. The van der Waals surface area contributed by atoms with Gasteiger partial charge in [0.25, 0.3) is 5.56 Å². The third-order valence-corrected chi connectivity index (χ3v) is 5.89. The first-order chi connectivity index (χ1) is 16.6. The predicted octanol–water partition coefficient (Wildman–Crippen LogP) is 5.23. The monoisotopic (exact) mass is 452 g/mol. The first-order valence-corrected chi connectivity index (χ1v) is 11.5. The Kier molecular flexibility index (Phi) is 7.33. The molecule has 0 aliphatic heterocycles. The summed E-state index contributed by atoms with van der Waals surface area (Å²) in [5.41, 5.74) is 4.73. The number of carbonyl (C=O) groups is 1. The van der Waals surface area contributed by atoms with Crippen LogP contribution in [0.15, 0.2) is 89.7 Å². The van der Waals surface area contributed by atoms with Gasteiger partial charge in [0.1, 0.15) is 5.82 Å². The molecule has 1 aromatic heterocycles. The van der Waals surface area contributed by atoms with E-state index in [1.807, 2.05) is 91.9 Å². The van der Waals surface area contributed by atoms with Gasteiger partial charge in [-0.25, -0.2) is 4.98 Å². The zero-order chi connectivity index (χ0) is 23.9. The largest absolute Gasteiger partial charge is 0.466 e. The minimum Gasteiger partial charge on any atom is -0.466 e. The van der Waals surface area contributed by atoms with Crippen LogP contribution in [0.4, 0.5) is 0 Å². The number of nitrogens with zero attached hydrogens (tertiary/aromatic N) is 1. The number of carbonyl (C=O) groups excluding carboxylic acids is 1. The summed E-state index contributed by atoms with van der Waals surface area (Å²) in [6.45, 7) is 3.96. The van der Waals surface area contributed by atoms with E-state index in [9.17, 15) is 9.59 Å². The lowest BCUT2D eigenvalue weighted by atomic mass is 9.88. The van der Waals surface area contributed by atoms with Gasteiger partial charge < -0.3 is 9.72 Å². The summed E-state index contributed by atoms with van der Waals surface area (Å²) in [4.78, 5) is 33.8. The third-order valence-electron chi connectivity index (χ3n) is 5.89. The molecule has 0 fully saturated rings. The van der Waals surface area contributed by atoms with E-state index in [4.69, 9.17) is 9.72 Å². The number of H-pyrrole nitrogens is 1. The number of hydrogen-bond donors (Lipinski definition) is 1. The van der Waals surface area contributed by atoms with Crippen LogP contribution in [0.25, 0.3) is 11.4 Å². The first-order valence-electron chi connectivity index (χ1n) is 11.5. The summed E-state index contributed by atoms with van der Waals surface area (Å²) in [6, 6.07) is 27.3. The topological polar surface area (TPSA) is 72.0 Å². The van der Waals surface area contributed by atoms with Gasteiger partial charge in [-0.2, -0.15) is 0 Å². The normalized spacial score (nSPS) is 11.7. The molecule has 5 nitrogen and oxygen atoms in total. The number of esters is 1. The maximum absolute atomic E-state index is 13.1. The summed E-state index contributed by atoms with van der Waals surface area (Å²) in [5, 5.41) is 0. The Hall–Kier alpha value is -3.99. The molecule has 0 saturated heterocycles. The van der Waals surface area contributed by atoms with Crippen LogP contribution in [0.3, 0.4) is 0 Å². The van der Waals surface area contributed by atoms with E-state index < -0.39 is 5.92 Å². The van der Waals surface area contributed by atoms with Crippen molar-refractivity contribution in [3.8, 4) is 11.4 Å². The van der Waals surface area contributed by atoms with Gasteiger partial charge in [0.15, 0.2) is 0 Å². The van der Waals surface area contributed by atoms with Crippen molar-refractivity contribution in [1.29, 1.82) is 0 Å². The maximum Gasteiger partial charge on any atom is 0.313 e.